The van der Waals surface area contributed by atoms with E-state index < -0.39 is 11.7 Å². The Hall–Kier alpha value is -1.71. The van der Waals surface area contributed by atoms with Crippen LogP contribution in [0, 0.1) is 0 Å². The van der Waals surface area contributed by atoms with Crippen LogP contribution in [0.2, 0.25) is 0 Å². The molecule has 18 heavy (non-hydrogen) atoms. The fourth-order valence-electron chi connectivity index (χ4n) is 1.37. The van der Waals surface area contributed by atoms with Crippen LogP contribution in [-0.2, 0) is 4.79 Å². The van der Waals surface area contributed by atoms with Crippen molar-refractivity contribution in [2.24, 2.45) is 4.99 Å². The van der Waals surface area contributed by atoms with E-state index in [4.69, 9.17) is 23.2 Å². The maximum absolute atomic E-state index is 11.8. The quantitative estimate of drug-likeness (QED) is 0.742. The Kier molecular flexibility index (Phi) is 3.75. The zero-order valence-electron chi connectivity index (χ0n) is 9.06. The highest BCUT2D eigenvalue weighted by Gasteiger charge is 2.18. The number of halogens is 2. The molecule has 0 radical (unpaired) electrons. The molecule has 0 aliphatic heterocycles. The summed E-state index contributed by atoms with van der Waals surface area (Å²) in [6.07, 6.45) is 2.63. The van der Waals surface area contributed by atoms with Gasteiger partial charge in [-0.25, -0.2) is 4.99 Å². The Morgan fingerprint density at radius 2 is 1.56 bits per heavy atom. The van der Waals surface area contributed by atoms with E-state index in [1.54, 1.807) is 30.3 Å². The summed E-state index contributed by atoms with van der Waals surface area (Å²) >= 11 is 11.4. The van der Waals surface area contributed by atoms with Crippen molar-refractivity contribution in [2.45, 2.75) is 0 Å². The van der Waals surface area contributed by atoms with Crippen molar-refractivity contribution in [3.8, 4) is 0 Å². The Morgan fingerprint density at radius 3 is 2.11 bits per heavy atom. The highest BCUT2D eigenvalue weighted by atomic mass is 35.5. The monoisotopic (exact) mass is 279 g/mol. The van der Waals surface area contributed by atoms with Crippen molar-refractivity contribution < 1.29 is 9.59 Å². The fraction of sp³-hybridized carbons (Fsp3) is 0. The van der Waals surface area contributed by atoms with Gasteiger partial charge in [-0.2, -0.15) is 0 Å². The number of benzene rings is 1. The van der Waals surface area contributed by atoms with Crippen LogP contribution in [0.3, 0.4) is 0 Å². The van der Waals surface area contributed by atoms with Crippen molar-refractivity contribution >= 4 is 40.6 Å². The molecule has 1 aliphatic carbocycles. The summed E-state index contributed by atoms with van der Waals surface area (Å²) in [5.41, 5.74) is 0.717. The molecule has 0 saturated carbocycles. The van der Waals surface area contributed by atoms with Crippen LogP contribution in [0.25, 0.3) is 0 Å². The van der Waals surface area contributed by atoms with Crippen molar-refractivity contribution in [2.75, 3.05) is 0 Å². The van der Waals surface area contributed by atoms with Gasteiger partial charge < -0.3 is 0 Å². The maximum Gasteiger partial charge on any atom is 0.277 e. The summed E-state index contributed by atoms with van der Waals surface area (Å²) in [6, 6.07) is 8.58. The number of nitrogens with zero attached hydrogens (tertiary/aromatic N) is 1. The second kappa shape index (κ2) is 5.29. The van der Waals surface area contributed by atoms with Crippen LogP contribution in [0.5, 0.6) is 0 Å². The minimum Gasteiger partial charge on any atom is -0.287 e. The van der Waals surface area contributed by atoms with Crippen LogP contribution < -0.4 is 0 Å². The van der Waals surface area contributed by atoms with Crippen LogP contribution in [-0.4, -0.2) is 17.4 Å². The third-order valence-corrected chi connectivity index (χ3v) is 2.80. The lowest BCUT2D eigenvalue weighted by Crippen LogP contribution is -2.09. The van der Waals surface area contributed by atoms with Gasteiger partial charge in [0.1, 0.15) is 0 Å². The molecule has 0 aromatic heterocycles. The molecule has 1 amide bonds. The van der Waals surface area contributed by atoms with E-state index in [9.17, 15) is 9.59 Å². The van der Waals surface area contributed by atoms with Gasteiger partial charge in [-0.1, -0.05) is 41.4 Å². The third kappa shape index (κ3) is 2.75. The molecular weight excluding hydrogens is 273 g/mol. The predicted molar refractivity (Wildman–Crippen MR) is 71.1 cm³/mol. The molecule has 0 fully saturated rings. The molecule has 0 atom stereocenters. The van der Waals surface area contributed by atoms with Crippen LogP contribution >= 0.6 is 23.2 Å². The summed E-state index contributed by atoms with van der Waals surface area (Å²) in [7, 11) is 0. The fourth-order valence-corrected chi connectivity index (χ4v) is 1.85. The summed E-state index contributed by atoms with van der Waals surface area (Å²) in [6.45, 7) is 0. The first kappa shape index (κ1) is 12.7. The molecular formula is C13H7Cl2NO2. The number of hydrogen-bond acceptors (Lipinski definition) is 2. The summed E-state index contributed by atoms with van der Waals surface area (Å²) in [4.78, 5) is 26.9. The van der Waals surface area contributed by atoms with E-state index in [2.05, 4.69) is 4.99 Å². The minimum absolute atomic E-state index is 0.0536. The molecule has 1 aliphatic rings. The Bertz CT molecular complexity index is 577. The average molecular weight is 280 g/mol. The lowest BCUT2D eigenvalue weighted by Gasteiger charge is -2.05. The van der Waals surface area contributed by atoms with Gasteiger partial charge in [0.05, 0.1) is 15.8 Å². The van der Waals surface area contributed by atoms with Gasteiger partial charge in [0.2, 0.25) is 5.78 Å². The number of carbonyl (C=O) groups excluding carboxylic acids is 2. The van der Waals surface area contributed by atoms with Crippen molar-refractivity contribution in [1.29, 1.82) is 0 Å². The summed E-state index contributed by atoms with van der Waals surface area (Å²) in [5.74, 6) is -0.883. The predicted octanol–water partition coefficient (Wildman–Crippen LogP) is 3.10. The number of aliphatic imine (C=N–C) groups is 1. The van der Waals surface area contributed by atoms with Crippen LogP contribution in [0.4, 0.5) is 0 Å². The Morgan fingerprint density at radius 1 is 1.00 bits per heavy atom. The molecule has 3 nitrogen and oxygen atoms in total. The molecule has 0 heterocycles. The molecule has 0 N–H and O–H groups in total. The number of ketones is 1. The number of carbonyl (C=O) groups is 2. The summed E-state index contributed by atoms with van der Waals surface area (Å²) < 4.78 is 0. The van der Waals surface area contributed by atoms with E-state index in [1.165, 1.54) is 12.2 Å². The molecule has 0 unspecified atom stereocenters. The zero-order chi connectivity index (χ0) is 13.1. The molecule has 0 saturated heterocycles. The largest absolute Gasteiger partial charge is 0.287 e. The second-order valence-corrected chi connectivity index (χ2v) is 4.34. The van der Waals surface area contributed by atoms with Gasteiger partial charge in [0.25, 0.3) is 5.91 Å². The Labute approximate surface area is 113 Å². The standard InChI is InChI=1S/C13H7Cl2NO2/c14-10-6-9(7-11(15)12(10)17)16-13(18)8-4-2-1-3-5-8/h1-7H. The van der Waals surface area contributed by atoms with E-state index in [0.717, 1.165) is 0 Å². The molecule has 90 valence electrons. The molecule has 0 bridgehead atoms. The van der Waals surface area contributed by atoms with Crippen molar-refractivity contribution in [3.05, 3.63) is 58.1 Å². The minimum atomic E-state index is -0.468. The molecule has 2 rings (SSSR count). The van der Waals surface area contributed by atoms with Crippen LogP contribution in [0.15, 0.2) is 57.5 Å². The van der Waals surface area contributed by atoms with Gasteiger partial charge in [0, 0.05) is 5.56 Å². The van der Waals surface area contributed by atoms with Gasteiger partial charge in [0.15, 0.2) is 0 Å². The van der Waals surface area contributed by atoms with Gasteiger partial charge in [-0.15, -0.1) is 0 Å². The molecule has 0 spiro atoms. The normalized spacial score (nSPS) is 15.0. The number of hydrogen-bond donors (Lipinski definition) is 0. The highest BCUT2D eigenvalue weighted by Crippen LogP contribution is 2.19. The molecule has 1 aromatic carbocycles. The smallest absolute Gasteiger partial charge is 0.277 e. The van der Waals surface area contributed by atoms with Crippen molar-refractivity contribution in [3.63, 3.8) is 0 Å². The highest BCUT2D eigenvalue weighted by molar-refractivity contribution is 6.57. The first-order valence-corrected chi connectivity index (χ1v) is 5.80. The molecule has 1 aromatic rings. The van der Waals surface area contributed by atoms with Gasteiger partial charge in [-0.3, -0.25) is 9.59 Å². The third-order valence-electron chi connectivity index (χ3n) is 2.23. The topological polar surface area (TPSA) is 46.5 Å². The SMILES string of the molecule is O=C1C(Cl)=CC(=NC(=O)c2ccccc2)C=C1Cl. The van der Waals surface area contributed by atoms with E-state index in [1.807, 2.05) is 0 Å². The maximum atomic E-state index is 11.8. The number of rotatable bonds is 1. The second-order valence-electron chi connectivity index (χ2n) is 3.52. The lowest BCUT2D eigenvalue weighted by molar-refractivity contribution is -0.111. The van der Waals surface area contributed by atoms with Crippen LogP contribution in [0.1, 0.15) is 10.4 Å². The van der Waals surface area contributed by atoms with E-state index >= 15 is 0 Å². The van der Waals surface area contributed by atoms with E-state index in [-0.39, 0.29) is 15.8 Å². The first-order valence-electron chi connectivity index (χ1n) is 5.05. The van der Waals surface area contributed by atoms with Gasteiger partial charge in [-0.05, 0) is 24.3 Å². The number of amides is 1. The van der Waals surface area contributed by atoms with Gasteiger partial charge >= 0.3 is 0 Å². The first-order chi connectivity index (χ1) is 8.58. The van der Waals surface area contributed by atoms with E-state index in [0.29, 0.717) is 5.56 Å². The average Bonchev–Trinajstić information content (AvgIpc) is 2.37. The summed E-state index contributed by atoms with van der Waals surface area (Å²) in [5, 5.41) is -0.107. The van der Waals surface area contributed by atoms with Crippen molar-refractivity contribution in [1.82, 2.24) is 0 Å². The Balaban J connectivity index is 2.31. The number of Topliss-reactive ketones (excluding diaryl/α,β-unsaturated/α-hetero) is 1. The number of allylic oxidation sites excluding steroid dienone is 4. The lowest BCUT2D eigenvalue weighted by atomic mass is 10.1. The molecule has 5 heteroatoms. The zero-order valence-corrected chi connectivity index (χ0v) is 10.6.